The fourth-order valence-electron chi connectivity index (χ4n) is 2.07. The molecule has 0 saturated carbocycles. The van der Waals surface area contributed by atoms with Gasteiger partial charge >= 0.3 is 0 Å². The molecule has 2 aromatic carbocycles. The molecule has 90 valence electrons. The Balaban J connectivity index is 1.83. The minimum absolute atomic E-state index is 0.225. The van der Waals surface area contributed by atoms with Crippen LogP contribution < -0.4 is 5.32 Å². The van der Waals surface area contributed by atoms with E-state index in [9.17, 15) is 4.39 Å². The van der Waals surface area contributed by atoms with E-state index in [1.807, 2.05) is 30.5 Å². The molecule has 0 aliphatic carbocycles. The molecule has 0 aliphatic rings. The van der Waals surface area contributed by atoms with Crippen LogP contribution in [0.4, 0.5) is 10.1 Å². The number of H-pyrrole nitrogens is 1. The van der Waals surface area contributed by atoms with Gasteiger partial charge in [-0.05, 0) is 23.8 Å². The molecule has 3 rings (SSSR count). The Morgan fingerprint density at radius 1 is 1.00 bits per heavy atom. The topological polar surface area (TPSA) is 27.8 Å². The molecule has 1 aromatic heterocycles. The maximum atomic E-state index is 13.5. The van der Waals surface area contributed by atoms with Gasteiger partial charge in [0.25, 0.3) is 0 Å². The van der Waals surface area contributed by atoms with Gasteiger partial charge in [0.2, 0.25) is 0 Å². The molecule has 3 aromatic rings. The van der Waals surface area contributed by atoms with Gasteiger partial charge in [-0.25, -0.2) is 4.39 Å². The van der Waals surface area contributed by atoms with E-state index < -0.39 is 0 Å². The van der Waals surface area contributed by atoms with Crippen molar-refractivity contribution in [2.24, 2.45) is 0 Å². The van der Waals surface area contributed by atoms with Gasteiger partial charge in [-0.1, -0.05) is 30.3 Å². The normalized spacial score (nSPS) is 10.7. The van der Waals surface area contributed by atoms with Crippen LogP contribution >= 0.6 is 0 Å². The van der Waals surface area contributed by atoms with Gasteiger partial charge in [-0.2, -0.15) is 0 Å². The number of aromatic amines is 1. The summed E-state index contributed by atoms with van der Waals surface area (Å²) in [6, 6.07) is 14.8. The highest BCUT2D eigenvalue weighted by atomic mass is 19.1. The molecule has 0 spiro atoms. The molecule has 0 unspecified atom stereocenters. The van der Waals surface area contributed by atoms with Crippen molar-refractivity contribution in [3.8, 4) is 0 Å². The predicted octanol–water partition coefficient (Wildman–Crippen LogP) is 3.92. The van der Waals surface area contributed by atoms with E-state index in [1.165, 1.54) is 11.5 Å². The maximum Gasteiger partial charge on any atom is 0.146 e. The number of benzene rings is 2. The number of para-hydroxylation sites is 2. The fourth-order valence-corrected chi connectivity index (χ4v) is 2.07. The lowest BCUT2D eigenvalue weighted by Crippen LogP contribution is -2.00. The lowest BCUT2D eigenvalue weighted by Gasteiger charge is -2.06. The fraction of sp³-hybridized carbons (Fsp3) is 0.0667. The number of nitrogens with one attached hydrogen (secondary N) is 2. The largest absolute Gasteiger partial charge is 0.379 e. The van der Waals surface area contributed by atoms with E-state index in [4.69, 9.17) is 0 Å². The number of hydrogen-bond acceptors (Lipinski definition) is 1. The third kappa shape index (κ3) is 1.95. The quantitative estimate of drug-likeness (QED) is 0.713. The third-order valence-corrected chi connectivity index (χ3v) is 3.02. The predicted molar refractivity (Wildman–Crippen MR) is 72.0 cm³/mol. The van der Waals surface area contributed by atoms with Crippen molar-refractivity contribution in [2.75, 3.05) is 5.32 Å². The van der Waals surface area contributed by atoms with Crippen molar-refractivity contribution < 1.29 is 4.39 Å². The number of hydrogen-bond donors (Lipinski definition) is 2. The summed E-state index contributed by atoms with van der Waals surface area (Å²) in [7, 11) is 0. The van der Waals surface area contributed by atoms with E-state index in [-0.39, 0.29) is 5.82 Å². The number of anilines is 1. The smallest absolute Gasteiger partial charge is 0.146 e. The summed E-state index contributed by atoms with van der Waals surface area (Å²) in [6.45, 7) is 0.602. The molecule has 1 heterocycles. The average Bonchev–Trinajstić information content (AvgIpc) is 2.81. The molecule has 0 atom stereocenters. The highest BCUT2D eigenvalue weighted by Gasteiger charge is 2.04. The van der Waals surface area contributed by atoms with Gasteiger partial charge in [0, 0.05) is 23.6 Å². The Labute approximate surface area is 104 Å². The standard InChI is InChI=1S/C15H13FN2/c16-13-6-2-4-8-15(13)18-10-11-9-17-14-7-3-1-5-12(11)14/h1-9,17-18H,10H2. The monoisotopic (exact) mass is 240 g/mol. The van der Waals surface area contributed by atoms with Crippen LogP contribution in [0, 0.1) is 5.82 Å². The van der Waals surface area contributed by atoms with Crippen LogP contribution in [0.2, 0.25) is 0 Å². The second-order valence-electron chi connectivity index (χ2n) is 4.19. The molecule has 2 nitrogen and oxygen atoms in total. The van der Waals surface area contributed by atoms with Gasteiger partial charge in [0.1, 0.15) is 5.82 Å². The Morgan fingerprint density at radius 2 is 1.78 bits per heavy atom. The first-order valence-corrected chi connectivity index (χ1v) is 5.88. The van der Waals surface area contributed by atoms with Crippen molar-refractivity contribution in [3.63, 3.8) is 0 Å². The van der Waals surface area contributed by atoms with Gasteiger partial charge in [0.05, 0.1) is 5.69 Å². The first-order valence-electron chi connectivity index (χ1n) is 5.88. The lowest BCUT2D eigenvalue weighted by molar-refractivity contribution is 0.630. The molecular formula is C15H13FN2. The summed E-state index contributed by atoms with van der Waals surface area (Å²) >= 11 is 0. The Hall–Kier alpha value is -2.29. The summed E-state index contributed by atoms with van der Waals surface area (Å²) in [5.41, 5.74) is 2.76. The van der Waals surface area contributed by atoms with E-state index in [0.717, 1.165) is 11.1 Å². The first kappa shape index (κ1) is 10.8. The van der Waals surface area contributed by atoms with Crippen molar-refractivity contribution in [1.29, 1.82) is 0 Å². The molecule has 0 aliphatic heterocycles. The summed E-state index contributed by atoms with van der Waals surface area (Å²) in [6.07, 6.45) is 1.96. The molecule has 18 heavy (non-hydrogen) atoms. The lowest BCUT2D eigenvalue weighted by atomic mass is 10.2. The van der Waals surface area contributed by atoms with Crippen molar-refractivity contribution in [3.05, 3.63) is 66.1 Å². The Kier molecular flexibility index (Phi) is 2.73. The van der Waals surface area contributed by atoms with Crippen LogP contribution in [-0.4, -0.2) is 4.98 Å². The number of halogens is 1. The molecule has 0 saturated heterocycles. The van der Waals surface area contributed by atoms with Crippen molar-refractivity contribution in [1.82, 2.24) is 4.98 Å². The number of fused-ring (bicyclic) bond motifs is 1. The SMILES string of the molecule is Fc1ccccc1NCc1c[nH]c2ccccc12. The van der Waals surface area contributed by atoms with Crippen LogP contribution in [0.5, 0.6) is 0 Å². The van der Waals surface area contributed by atoms with Crippen LogP contribution in [-0.2, 0) is 6.54 Å². The minimum atomic E-state index is -0.225. The molecule has 0 bridgehead atoms. The Morgan fingerprint density at radius 3 is 2.67 bits per heavy atom. The second-order valence-corrected chi connectivity index (χ2v) is 4.19. The van der Waals surface area contributed by atoms with Crippen LogP contribution in [0.3, 0.4) is 0 Å². The summed E-state index contributed by atoms with van der Waals surface area (Å²) < 4.78 is 13.5. The van der Waals surface area contributed by atoms with Crippen molar-refractivity contribution in [2.45, 2.75) is 6.54 Å². The van der Waals surface area contributed by atoms with Gasteiger partial charge in [-0.3, -0.25) is 0 Å². The molecule has 0 fully saturated rings. The van der Waals surface area contributed by atoms with Gasteiger partial charge in [0.15, 0.2) is 0 Å². The zero-order valence-corrected chi connectivity index (χ0v) is 9.78. The van der Waals surface area contributed by atoms with Crippen LogP contribution in [0.1, 0.15) is 5.56 Å². The first-order chi connectivity index (χ1) is 8.84. The minimum Gasteiger partial charge on any atom is -0.379 e. The average molecular weight is 240 g/mol. The summed E-state index contributed by atoms with van der Waals surface area (Å²) in [4.78, 5) is 3.21. The molecule has 0 amide bonds. The van der Waals surface area contributed by atoms with E-state index in [2.05, 4.69) is 16.4 Å². The Bertz CT molecular complexity index is 673. The van der Waals surface area contributed by atoms with Crippen LogP contribution in [0.25, 0.3) is 10.9 Å². The summed E-state index contributed by atoms with van der Waals surface area (Å²) in [5, 5.41) is 4.28. The second kappa shape index (κ2) is 4.53. The third-order valence-electron chi connectivity index (χ3n) is 3.02. The summed E-state index contributed by atoms with van der Waals surface area (Å²) in [5.74, 6) is -0.225. The maximum absolute atomic E-state index is 13.5. The van der Waals surface area contributed by atoms with Gasteiger partial charge in [-0.15, -0.1) is 0 Å². The molecule has 2 N–H and O–H groups in total. The van der Waals surface area contributed by atoms with E-state index in [1.54, 1.807) is 12.1 Å². The number of rotatable bonds is 3. The zero-order chi connectivity index (χ0) is 12.4. The highest BCUT2D eigenvalue weighted by molar-refractivity contribution is 5.83. The zero-order valence-electron chi connectivity index (χ0n) is 9.78. The van der Waals surface area contributed by atoms with E-state index in [0.29, 0.717) is 12.2 Å². The van der Waals surface area contributed by atoms with Gasteiger partial charge < -0.3 is 10.3 Å². The molecule has 3 heteroatoms. The molecular weight excluding hydrogens is 227 g/mol. The highest BCUT2D eigenvalue weighted by Crippen LogP contribution is 2.20. The number of aromatic nitrogens is 1. The molecule has 0 radical (unpaired) electrons. The van der Waals surface area contributed by atoms with E-state index >= 15 is 0 Å². The van der Waals surface area contributed by atoms with Crippen LogP contribution in [0.15, 0.2) is 54.7 Å². The van der Waals surface area contributed by atoms with Crippen molar-refractivity contribution >= 4 is 16.6 Å².